The highest BCUT2D eigenvalue weighted by atomic mass is 32.1. The van der Waals surface area contributed by atoms with Gasteiger partial charge in [0.15, 0.2) is 12.1 Å². The first-order chi connectivity index (χ1) is 19.4. The molecular weight excluding hydrogens is 518 g/mol. The van der Waals surface area contributed by atoms with Gasteiger partial charge in [0.25, 0.3) is 0 Å². The van der Waals surface area contributed by atoms with Gasteiger partial charge in [-0.3, -0.25) is 4.79 Å². The van der Waals surface area contributed by atoms with Crippen LogP contribution in [-0.4, -0.2) is 54.7 Å². The first-order valence-corrected chi connectivity index (χ1v) is 14.2. The van der Waals surface area contributed by atoms with Crippen molar-refractivity contribution in [1.82, 2.24) is 10.2 Å². The second-order valence-electron chi connectivity index (χ2n) is 10.2. The SMILES string of the molecule is C=CCCC(C=O)N(C)c1ccc(C2CCN(c3cc(=C/C(=C)CS)/c(=C\N)nn3)CC2)c2cccc(C=O)c12. The van der Waals surface area contributed by atoms with Crippen LogP contribution in [0.25, 0.3) is 23.0 Å². The highest BCUT2D eigenvalue weighted by Gasteiger charge is 2.25. The topological polar surface area (TPSA) is 92.4 Å². The molecule has 2 aromatic carbocycles. The molecule has 1 atom stereocenters. The molecule has 0 radical (unpaired) electrons. The number of likely N-dealkylation sites (N-methyl/N-ethyl adjacent to an activating group) is 1. The van der Waals surface area contributed by atoms with Crippen molar-refractivity contribution >= 4 is 59.8 Å². The third-order valence-corrected chi connectivity index (χ3v) is 8.14. The molecule has 8 heteroatoms. The zero-order valence-electron chi connectivity index (χ0n) is 23.0. The third-order valence-electron chi connectivity index (χ3n) is 7.73. The fourth-order valence-electron chi connectivity index (χ4n) is 5.50. The Kier molecular flexibility index (Phi) is 9.77. The van der Waals surface area contributed by atoms with Crippen LogP contribution < -0.4 is 26.1 Å². The zero-order chi connectivity index (χ0) is 28.6. The van der Waals surface area contributed by atoms with Crippen LogP contribution in [0.1, 0.15) is 47.5 Å². The quantitative estimate of drug-likeness (QED) is 0.211. The predicted molar refractivity (Wildman–Crippen MR) is 169 cm³/mol. The summed E-state index contributed by atoms with van der Waals surface area (Å²) in [6.07, 6.45) is 10.4. The summed E-state index contributed by atoms with van der Waals surface area (Å²) >= 11 is 4.31. The Morgan fingerprint density at radius 2 is 2.00 bits per heavy atom. The molecule has 1 aliphatic rings. The highest BCUT2D eigenvalue weighted by molar-refractivity contribution is 7.80. The smallest absolute Gasteiger partial charge is 0.151 e. The average Bonchev–Trinajstić information content (AvgIpc) is 3.00. The number of benzene rings is 2. The third kappa shape index (κ3) is 6.12. The number of nitrogens with zero attached hydrogens (tertiary/aromatic N) is 4. The van der Waals surface area contributed by atoms with Crippen LogP contribution >= 0.6 is 12.6 Å². The van der Waals surface area contributed by atoms with Crippen LogP contribution in [0, 0.1) is 0 Å². The van der Waals surface area contributed by atoms with Crippen LogP contribution in [0.4, 0.5) is 11.5 Å². The van der Waals surface area contributed by atoms with Gasteiger partial charge >= 0.3 is 0 Å². The summed E-state index contributed by atoms with van der Waals surface area (Å²) in [5.74, 6) is 1.68. The number of thiol groups is 1. The summed E-state index contributed by atoms with van der Waals surface area (Å²) in [4.78, 5) is 28.3. The van der Waals surface area contributed by atoms with Crippen molar-refractivity contribution in [1.29, 1.82) is 0 Å². The number of hydrogen-bond donors (Lipinski definition) is 2. The van der Waals surface area contributed by atoms with E-state index in [2.05, 4.69) is 59.1 Å². The Morgan fingerprint density at radius 1 is 1.23 bits per heavy atom. The number of carbonyl (C=O) groups is 2. The van der Waals surface area contributed by atoms with Gasteiger partial charge in [-0.1, -0.05) is 36.9 Å². The molecule has 40 heavy (non-hydrogen) atoms. The minimum absolute atomic E-state index is 0.300. The fourth-order valence-corrected chi connectivity index (χ4v) is 5.59. The average molecular weight is 556 g/mol. The van der Waals surface area contributed by atoms with Gasteiger partial charge in [0.2, 0.25) is 0 Å². The summed E-state index contributed by atoms with van der Waals surface area (Å²) in [7, 11) is 1.92. The molecule has 208 valence electrons. The Morgan fingerprint density at radius 3 is 2.65 bits per heavy atom. The minimum Gasteiger partial charge on any atom is -0.403 e. The van der Waals surface area contributed by atoms with Crippen molar-refractivity contribution in [3.63, 3.8) is 0 Å². The summed E-state index contributed by atoms with van der Waals surface area (Å²) in [5, 5.41) is 12.2. The van der Waals surface area contributed by atoms with E-state index in [1.165, 1.54) is 11.8 Å². The van der Waals surface area contributed by atoms with Crippen molar-refractivity contribution in [2.45, 2.75) is 37.6 Å². The molecule has 0 spiro atoms. The fraction of sp³-hybridized carbons (Fsp3) is 0.312. The van der Waals surface area contributed by atoms with E-state index in [1.807, 2.05) is 42.3 Å². The lowest BCUT2D eigenvalue weighted by molar-refractivity contribution is -0.109. The number of carbonyl (C=O) groups excluding carboxylic acids is 2. The molecule has 1 fully saturated rings. The zero-order valence-corrected chi connectivity index (χ0v) is 23.9. The molecule has 1 aromatic heterocycles. The normalized spacial score (nSPS) is 15.7. The molecule has 2 heterocycles. The molecule has 0 aliphatic carbocycles. The van der Waals surface area contributed by atoms with Gasteiger partial charge in [-0.2, -0.15) is 12.6 Å². The van der Waals surface area contributed by atoms with Crippen molar-refractivity contribution < 1.29 is 9.59 Å². The number of rotatable bonds is 11. The Bertz CT molecular complexity index is 1530. The van der Waals surface area contributed by atoms with Crippen molar-refractivity contribution in [2.24, 2.45) is 5.73 Å². The first kappa shape index (κ1) is 29.1. The van der Waals surface area contributed by atoms with Gasteiger partial charge in [-0.05, 0) is 66.3 Å². The van der Waals surface area contributed by atoms with Crippen LogP contribution in [0.15, 0.2) is 61.2 Å². The van der Waals surface area contributed by atoms with Crippen molar-refractivity contribution in [2.75, 3.05) is 35.7 Å². The van der Waals surface area contributed by atoms with Crippen molar-refractivity contribution in [3.8, 4) is 0 Å². The Labute approximate surface area is 241 Å². The molecule has 0 bridgehead atoms. The molecule has 1 saturated heterocycles. The Balaban J connectivity index is 1.64. The number of allylic oxidation sites excluding steroid dienone is 1. The Hall–Kier alpha value is -3.91. The van der Waals surface area contributed by atoms with E-state index in [1.54, 1.807) is 0 Å². The molecule has 7 nitrogen and oxygen atoms in total. The second-order valence-corrected chi connectivity index (χ2v) is 10.5. The maximum Gasteiger partial charge on any atom is 0.151 e. The second kappa shape index (κ2) is 13.4. The largest absolute Gasteiger partial charge is 0.403 e. The summed E-state index contributed by atoms with van der Waals surface area (Å²) in [6, 6.07) is 11.8. The van der Waals surface area contributed by atoms with E-state index < -0.39 is 0 Å². The molecule has 3 aromatic rings. The minimum atomic E-state index is -0.300. The van der Waals surface area contributed by atoms with E-state index in [0.29, 0.717) is 29.0 Å². The summed E-state index contributed by atoms with van der Waals surface area (Å²) in [6.45, 7) is 9.45. The van der Waals surface area contributed by atoms with Crippen LogP contribution in [0.5, 0.6) is 0 Å². The van der Waals surface area contributed by atoms with Gasteiger partial charge in [0.05, 0.1) is 6.04 Å². The molecule has 1 unspecified atom stereocenters. The first-order valence-electron chi connectivity index (χ1n) is 13.6. The number of aromatic nitrogens is 2. The van der Waals surface area contributed by atoms with Crippen LogP contribution in [-0.2, 0) is 4.79 Å². The molecule has 1 aliphatic heterocycles. The number of fused-ring (bicyclic) bond motifs is 1. The lowest BCUT2D eigenvalue weighted by atomic mass is 9.85. The monoisotopic (exact) mass is 555 g/mol. The lowest BCUT2D eigenvalue weighted by Crippen LogP contribution is -2.38. The number of piperidine rings is 1. The maximum atomic E-state index is 12.1. The van der Waals surface area contributed by atoms with Crippen molar-refractivity contribution in [3.05, 3.63) is 82.9 Å². The maximum absolute atomic E-state index is 12.1. The predicted octanol–water partition coefficient (Wildman–Crippen LogP) is 3.76. The summed E-state index contributed by atoms with van der Waals surface area (Å²) < 4.78 is 0. The summed E-state index contributed by atoms with van der Waals surface area (Å²) in [5.41, 5.74) is 9.38. The lowest BCUT2D eigenvalue weighted by Gasteiger charge is -2.34. The standard InChI is InChI=1S/C32H37N5O2S/c1-4-5-8-26(20-39)36(3)30-11-10-27(28-9-6-7-24(19-38)32(28)30)23-12-14-37(15-13-23)31-17-25(16-22(2)21-40)29(18-33)34-35-31/h4,6-7,9-11,16-20,23,26,40H,1-2,5,8,12-15,21,33H2,3H3/b25-16-,29-18+. The van der Waals surface area contributed by atoms with E-state index in [4.69, 9.17) is 5.73 Å². The highest BCUT2D eigenvalue weighted by Crippen LogP contribution is 2.39. The number of anilines is 2. The molecule has 0 saturated carbocycles. The van der Waals surface area contributed by atoms with Gasteiger partial charge in [0, 0.05) is 53.9 Å². The van der Waals surface area contributed by atoms with E-state index in [0.717, 1.165) is 78.0 Å². The van der Waals surface area contributed by atoms with Gasteiger partial charge in [-0.25, -0.2) is 0 Å². The molecular formula is C32H37N5O2S. The van der Waals surface area contributed by atoms with Gasteiger partial charge in [0.1, 0.15) is 11.6 Å². The number of hydrogen-bond acceptors (Lipinski definition) is 8. The van der Waals surface area contributed by atoms with E-state index in [9.17, 15) is 9.59 Å². The van der Waals surface area contributed by atoms with E-state index in [-0.39, 0.29) is 6.04 Å². The van der Waals surface area contributed by atoms with Crippen LogP contribution in [0.2, 0.25) is 0 Å². The molecule has 4 rings (SSSR count). The van der Waals surface area contributed by atoms with Gasteiger partial charge < -0.3 is 20.3 Å². The number of nitrogens with two attached hydrogens (primary N) is 1. The van der Waals surface area contributed by atoms with Gasteiger partial charge in [-0.15, -0.1) is 16.8 Å². The molecule has 2 N–H and O–H groups in total. The van der Waals surface area contributed by atoms with Crippen LogP contribution in [0.3, 0.4) is 0 Å². The number of aldehydes is 2. The molecule has 0 amide bonds. The van der Waals surface area contributed by atoms with E-state index >= 15 is 0 Å².